The fourth-order valence-corrected chi connectivity index (χ4v) is 3.28. The van der Waals surface area contributed by atoms with E-state index in [2.05, 4.69) is 32.9 Å². The van der Waals surface area contributed by atoms with Gasteiger partial charge in [0.1, 0.15) is 0 Å². The van der Waals surface area contributed by atoms with Crippen LogP contribution in [0.1, 0.15) is 21.7 Å². The second kappa shape index (κ2) is 7.25. The zero-order chi connectivity index (χ0) is 17.3. The smallest absolute Gasteiger partial charge is 0.253 e. The summed E-state index contributed by atoms with van der Waals surface area (Å²) in [6.07, 6.45) is 0. The van der Waals surface area contributed by atoms with Crippen LogP contribution in [0.3, 0.4) is 0 Å². The highest BCUT2D eigenvalue weighted by Crippen LogP contribution is 2.20. The van der Waals surface area contributed by atoms with Crippen molar-refractivity contribution in [3.63, 3.8) is 0 Å². The first-order valence-corrected chi connectivity index (χ1v) is 9.09. The van der Waals surface area contributed by atoms with Crippen molar-refractivity contribution in [3.05, 3.63) is 50.7 Å². The second-order valence-electron chi connectivity index (χ2n) is 6.04. The molecule has 1 aliphatic rings. The Bertz CT molecular complexity index is 736. The molecule has 24 heavy (non-hydrogen) atoms. The summed E-state index contributed by atoms with van der Waals surface area (Å²) >= 11 is 9.44. The van der Waals surface area contributed by atoms with E-state index in [-0.39, 0.29) is 5.91 Å². The number of nitrogens with zero attached hydrogens (tertiary/aromatic N) is 4. The highest BCUT2D eigenvalue weighted by atomic mass is 79.9. The molecule has 1 fully saturated rings. The quantitative estimate of drug-likeness (QED) is 0.778. The number of aromatic nitrogens is 2. The molecule has 0 radical (unpaired) electrons. The van der Waals surface area contributed by atoms with E-state index in [1.165, 1.54) is 0 Å². The van der Waals surface area contributed by atoms with E-state index < -0.39 is 0 Å². The van der Waals surface area contributed by atoms with E-state index in [1.54, 1.807) is 24.3 Å². The normalized spacial score (nSPS) is 15.8. The number of carbonyl (C=O) groups is 1. The number of piperazine rings is 1. The Kier molecular flexibility index (Phi) is 5.27. The van der Waals surface area contributed by atoms with E-state index in [9.17, 15) is 4.79 Å². The number of hydrogen-bond donors (Lipinski definition) is 0. The lowest BCUT2D eigenvalue weighted by molar-refractivity contribution is 0.0585. The summed E-state index contributed by atoms with van der Waals surface area (Å²) < 4.78 is 3.08. The Balaban J connectivity index is 1.58. The van der Waals surface area contributed by atoms with Crippen molar-refractivity contribution in [2.75, 3.05) is 26.2 Å². The summed E-state index contributed by atoms with van der Waals surface area (Å²) in [5.74, 6) is 0.0696. The summed E-state index contributed by atoms with van der Waals surface area (Å²) in [4.78, 5) is 16.7. The molecular weight excluding hydrogens is 392 g/mol. The Morgan fingerprint density at radius 1 is 1.17 bits per heavy atom. The van der Waals surface area contributed by atoms with Gasteiger partial charge >= 0.3 is 0 Å². The van der Waals surface area contributed by atoms with E-state index >= 15 is 0 Å². The Hall–Kier alpha value is -1.37. The molecule has 1 aliphatic heterocycles. The predicted molar refractivity (Wildman–Crippen MR) is 98.3 cm³/mol. The van der Waals surface area contributed by atoms with Crippen LogP contribution in [0, 0.1) is 13.8 Å². The average Bonchev–Trinajstić information content (AvgIpc) is 2.83. The van der Waals surface area contributed by atoms with Gasteiger partial charge < -0.3 is 4.90 Å². The van der Waals surface area contributed by atoms with Crippen LogP contribution in [0.4, 0.5) is 0 Å². The molecule has 1 amide bonds. The van der Waals surface area contributed by atoms with Gasteiger partial charge in [-0.1, -0.05) is 11.6 Å². The third-order valence-electron chi connectivity index (χ3n) is 4.38. The van der Waals surface area contributed by atoms with Gasteiger partial charge in [-0.05, 0) is 54.0 Å². The minimum absolute atomic E-state index is 0.0696. The molecule has 128 valence electrons. The maximum atomic E-state index is 12.5. The van der Waals surface area contributed by atoms with Crippen molar-refractivity contribution < 1.29 is 4.79 Å². The summed E-state index contributed by atoms with van der Waals surface area (Å²) in [5, 5.41) is 5.19. The average molecular weight is 412 g/mol. The molecule has 0 bridgehead atoms. The van der Waals surface area contributed by atoms with Gasteiger partial charge in [-0.3, -0.25) is 14.4 Å². The van der Waals surface area contributed by atoms with Crippen LogP contribution in [0.5, 0.6) is 0 Å². The predicted octanol–water partition coefficient (Wildman–Crippen LogP) is 3.33. The first-order chi connectivity index (χ1) is 11.5. The number of aryl methyl sites for hydroxylation is 1. The summed E-state index contributed by atoms with van der Waals surface area (Å²) in [5.41, 5.74) is 2.83. The molecule has 5 nitrogen and oxygen atoms in total. The third kappa shape index (κ3) is 3.66. The summed E-state index contributed by atoms with van der Waals surface area (Å²) in [6, 6.07) is 7.08. The second-order valence-corrected chi connectivity index (χ2v) is 7.27. The van der Waals surface area contributed by atoms with Crippen molar-refractivity contribution in [1.29, 1.82) is 0 Å². The number of carbonyl (C=O) groups excluding carboxylic acids is 1. The standard InChI is InChI=1S/C17H20BrClN4O/c1-12-16(18)13(2)23(20-12)11-21-7-9-22(10-8-21)17(24)14-3-5-15(19)6-4-14/h3-6H,7-11H2,1-2H3. The number of benzene rings is 1. The molecule has 0 N–H and O–H groups in total. The van der Waals surface area contributed by atoms with Crippen LogP contribution in [-0.2, 0) is 6.67 Å². The molecular formula is C17H20BrClN4O. The molecule has 2 aromatic rings. The molecule has 0 saturated carbocycles. The minimum atomic E-state index is 0.0696. The molecule has 7 heteroatoms. The molecule has 0 spiro atoms. The van der Waals surface area contributed by atoms with Crippen molar-refractivity contribution >= 4 is 33.4 Å². The van der Waals surface area contributed by atoms with Gasteiger partial charge in [-0.25, -0.2) is 0 Å². The van der Waals surface area contributed by atoms with Crippen LogP contribution in [0.15, 0.2) is 28.7 Å². The van der Waals surface area contributed by atoms with Gasteiger partial charge in [0.05, 0.1) is 22.5 Å². The molecule has 0 unspecified atom stereocenters. The van der Waals surface area contributed by atoms with Gasteiger partial charge in [-0.2, -0.15) is 5.10 Å². The fourth-order valence-electron chi connectivity index (χ4n) is 2.87. The van der Waals surface area contributed by atoms with Crippen molar-refractivity contribution in [3.8, 4) is 0 Å². The Labute approximate surface area is 155 Å². The molecule has 3 rings (SSSR count). The Morgan fingerprint density at radius 3 is 2.33 bits per heavy atom. The zero-order valence-corrected chi connectivity index (χ0v) is 16.1. The number of hydrogen-bond acceptors (Lipinski definition) is 3. The van der Waals surface area contributed by atoms with Crippen molar-refractivity contribution in [2.24, 2.45) is 0 Å². The fraction of sp³-hybridized carbons (Fsp3) is 0.412. The van der Waals surface area contributed by atoms with Crippen molar-refractivity contribution in [1.82, 2.24) is 19.6 Å². The zero-order valence-electron chi connectivity index (χ0n) is 13.8. The van der Waals surface area contributed by atoms with Crippen LogP contribution < -0.4 is 0 Å². The lowest BCUT2D eigenvalue weighted by atomic mass is 10.2. The monoisotopic (exact) mass is 410 g/mol. The van der Waals surface area contributed by atoms with Gasteiger partial charge in [0.15, 0.2) is 0 Å². The lowest BCUT2D eigenvalue weighted by Gasteiger charge is -2.34. The topological polar surface area (TPSA) is 41.4 Å². The first kappa shape index (κ1) is 17.5. The van der Waals surface area contributed by atoms with E-state index in [0.717, 1.165) is 48.7 Å². The van der Waals surface area contributed by atoms with Gasteiger partial charge in [0, 0.05) is 36.8 Å². The molecule has 1 aromatic carbocycles. The summed E-state index contributed by atoms with van der Waals surface area (Å²) in [7, 11) is 0. The van der Waals surface area contributed by atoms with E-state index in [4.69, 9.17) is 11.6 Å². The van der Waals surface area contributed by atoms with Gasteiger partial charge in [0.2, 0.25) is 0 Å². The lowest BCUT2D eigenvalue weighted by Crippen LogP contribution is -2.49. The molecule has 1 saturated heterocycles. The number of halogens is 2. The molecule has 0 atom stereocenters. The van der Waals surface area contributed by atoms with Crippen LogP contribution in [0.2, 0.25) is 5.02 Å². The maximum Gasteiger partial charge on any atom is 0.253 e. The Morgan fingerprint density at radius 2 is 1.79 bits per heavy atom. The minimum Gasteiger partial charge on any atom is -0.336 e. The highest BCUT2D eigenvalue weighted by molar-refractivity contribution is 9.10. The third-order valence-corrected chi connectivity index (χ3v) is 5.78. The van der Waals surface area contributed by atoms with Crippen LogP contribution >= 0.6 is 27.5 Å². The summed E-state index contributed by atoms with van der Waals surface area (Å²) in [6.45, 7) is 7.94. The van der Waals surface area contributed by atoms with Gasteiger partial charge in [0.25, 0.3) is 5.91 Å². The highest BCUT2D eigenvalue weighted by Gasteiger charge is 2.23. The van der Waals surface area contributed by atoms with Crippen LogP contribution in [0.25, 0.3) is 0 Å². The number of amides is 1. The molecule has 0 aliphatic carbocycles. The van der Waals surface area contributed by atoms with Crippen LogP contribution in [-0.4, -0.2) is 51.7 Å². The SMILES string of the molecule is Cc1nn(CN2CCN(C(=O)c3ccc(Cl)cc3)CC2)c(C)c1Br. The van der Waals surface area contributed by atoms with E-state index in [1.807, 2.05) is 16.5 Å². The molecule has 1 aromatic heterocycles. The number of rotatable bonds is 3. The maximum absolute atomic E-state index is 12.5. The van der Waals surface area contributed by atoms with Crippen molar-refractivity contribution in [2.45, 2.75) is 20.5 Å². The largest absolute Gasteiger partial charge is 0.336 e. The molecule has 2 heterocycles. The van der Waals surface area contributed by atoms with Gasteiger partial charge in [-0.15, -0.1) is 0 Å². The van der Waals surface area contributed by atoms with E-state index in [0.29, 0.717) is 10.6 Å². The first-order valence-electron chi connectivity index (χ1n) is 7.92.